The lowest BCUT2D eigenvalue weighted by molar-refractivity contribution is 1.28. The zero-order valence-corrected chi connectivity index (χ0v) is 13.2. The predicted octanol–water partition coefficient (Wildman–Crippen LogP) is 5.67. The highest BCUT2D eigenvalue weighted by Gasteiger charge is 2.15. The summed E-state index contributed by atoms with van der Waals surface area (Å²) in [5.41, 5.74) is 1.38. The number of halogens is 2. The molecule has 1 unspecified atom stereocenters. The van der Waals surface area contributed by atoms with Crippen LogP contribution in [-0.4, -0.2) is 0 Å². The van der Waals surface area contributed by atoms with E-state index in [0.717, 1.165) is 0 Å². The van der Waals surface area contributed by atoms with Gasteiger partial charge in [0, 0.05) is 14.6 Å². The van der Waals surface area contributed by atoms with Gasteiger partial charge in [0.15, 0.2) is 0 Å². The van der Waals surface area contributed by atoms with E-state index in [1.54, 1.807) is 11.3 Å². The second-order valence-electron chi connectivity index (χ2n) is 3.39. The zero-order valence-electron chi connectivity index (χ0n) is 8.38. The van der Waals surface area contributed by atoms with Gasteiger partial charge in [0.25, 0.3) is 0 Å². The van der Waals surface area contributed by atoms with E-state index in [0.29, 0.717) is 4.83 Å². The summed E-state index contributed by atoms with van der Waals surface area (Å²) in [6, 6.07) is 6.53. The van der Waals surface area contributed by atoms with Gasteiger partial charge >= 0.3 is 0 Å². The maximum Gasteiger partial charge on any atom is 0.0831 e. The Morgan fingerprint density at radius 2 is 1.87 bits per heavy atom. The molecular weight excluding hydrogens is 356 g/mol. The number of hydrogen-bond acceptors (Lipinski definition) is 2. The first kappa shape index (κ1) is 11.8. The minimum absolute atomic E-state index is 0.339. The van der Waals surface area contributed by atoms with Crippen molar-refractivity contribution >= 4 is 54.5 Å². The Kier molecular flexibility index (Phi) is 3.71. The topological polar surface area (TPSA) is 0 Å². The summed E-state index contributed by atoms with van der Waals surface area (Å²) in [6.45, 7) is 4.34. The van der Waals surface area contributed by atoms with Crippen LogP contribution in [0.4, 0.5) is 0 Å². The van der Waals surface area contributed by atoms with Crippen molar-refractivity contribution in [3.8, 4) is 0 Å². The van der Waals surface area contributed by atoms with Crippen molar-refractivity contribution in [2.24, 2.45) is 0 Å². The van der Waals surface area contributed by atoms with E-state index in [1.807, 2.05) is 11.3 Å². The Hall–Kier alpha value is 0.360. The van der Waals surface area contributed by atoms with Crippen molar-refractivity contribution in [2.75, 3.05) is 0 Å². The van der Waals surface area contributed by atoms with Crippen molar-refractivity contribution in [3.63, 3.8) is 0 Å². The van der Waals surface area contributed by atoms with Crippen LogP contribution >= 0.6 is 54.5 Å². The Balaban J connectivity index is 2.31. The van der Waals surface area contributed by atoms with Crippen molar-refractivity contribution in [2.45, 2.75) is 18.7 Å². The molecule has 0 aliphatic carbocycles. The van der Waals surface area contributed by atoms with Crippen LogP contribution < -0.4 is 0 Å². The van der Waals surface area contributed by atoms with E-state index in [4.69, 9.17) is 0 Å². The lowest BCUT2D eigenvalue weighted by Crippen LogP contribution is -1.83. The second-order valence-corrected chi connectivity index (χ2v) is 8.09. The fourth-order valence-electron chi connectivity index (χ4n) is 1.33. The van der Waals surface area contributed by atoms with Gasteiger partial charge in [-0.2, -0.15) is 0 Å². The first-order chi connectivity index (χ1) is 7.08. The standard InChI is InChI=1S/C11H10Br2S2/c1-6-5-9(14-7(6)2)11(13)8-3-4-10(12)15-8/h3-5,11H,1-2H3. The van der Waals surface area contributed by atoms with Gasteiger partial charge in [0.05, 0.1) is 8.61 Å². The molecule has 0 radical (unpaired) electrons. The molecule has 2 heterocycles. The molecule has 0 aliphatic heterocycles. The van der Waals surface area contributed by atoms with Gasteiger partial charge in [-0.15, -0.1) is 22.7 Å². The van der Waals surface area contributed by atoms with Gasteiger partial charge in [-0.1, -0.05) is 15.9 Å². The predicted molar refractivity (Wildman–Crippen MR) is 76.6 cm³/mol. The van der Waals surface area contributed by atoms with Crippen LogP contribution in [0.25, 0.3) is 0 Å². The van der Waals surface area contributed by atoms with Crippen molar-refractivity contribution in [3.05, 3.63) is 42.2 Å². The molecule has 2 aromatic rings. The monoisotopic (exact) mass is 364 g/mol. The highest BCUT2D eigenvalue weighted by atomic mass is 79.9. The molecule has 4 heteroatoms. The molecule has 0 amide bonds. The molecule has 0 spiro atoms. The minimum atomic E-state index is 0.339. The molecular formula is C11H10Br2S2. The molecule has 80 valence electrons. The first-order valence-electron chi connectivity index (χ1n) is 4.54. The average Bonchev–Trinajstić information content (AvgIpc) is 2.74. The molecule has 0 fully saturated rings. The van der Waals surface area contributed by atoms with Crippen LogP contribution in [0.5, 0.6) is 0 Å². The fourth-order valence-corrected chi connectivity index (χ4v) is 4.71. The number of aryl methyl sites for hydroxylation is 2. The molecule has 0 aromatic carbocycles. The number of thiophene rings is 2. The lowest BCUT2D eigenvalue weighted by Gasteiger charge is -2.03. The van der Waals surface area contributed by atoms with Crippen molar-refractivity contribution in [1.82, 2.24) is 0 Å². The summed E-state index contributed by atoms with van der Waals surface area (Å²) >= 11 is 10.9. The lowest BCUT2D eigenvalue weighted by atomic mass is 10.2. The third-order valence-corrected chi connectivity index (χ3v) is 6.78. The first-order valence-corrected chi connectivity index (χ1v) is 7.88. The largest absolute Gasteiger partial charge is 0.144 e. The quantitative estimate of drug-likeness (QED) is 0.601. The van der Waals surface area contributed by atoms with Gasteiger partial charge in [-0.25, -0.2) is 0 Å². The molecule has 0 N–H and O–H groups in total. The molecule has 0 saturated carbocycles. The Labute approximate surface area is 115 Å². The molecule has 2 rings (SSSR count). The summed E-state index contributed by atoms with van der Waals surface area (Å²) in [5.74, 6) is 0. The van der Waals surface area contributed by atoms with Gasteiger partial charge in [-0.05, 0) is 53.5 Å². The van der Waals surface area contributed by atoms with Crippen LogP contribution in [0.15, 0.2) is 22.0 Å². The molecule has 2 aromatic heterocycles. The Bertz CT molecular complexity index is 451. The van der Waals surface area contributed by atoms with Crippen molar-refractivity contribution < 1.29 is 0 Å². The Morgan fingerprint density at radius 1 is 1.13 bits per heavy atom. The minimum Gasteiger partial charge on any atom is -0.144 e. The van der Waals surface area contributed by atoms with E-state index in [2.05, 4.69) is 63.9 Å². The van der Waals surface area contributed by atoms with E-state index in [-0.39, 0.29) is 0 Å². The molecule has 1 atom stereocenters. The zero-order chi connectivity index (χ0) is 11.0. The summed E-state index contributed by atoms with van der Waals surface area (Å²) in [6.07, 6.45) is 0. The SMILES string of the molecule is Cc1cc(C(Br)c2ccc(Br)s2)sc1C. The third kappa shape index (κ3) is 2.54. The molecule has 15 heavy (non-hydrogen) atoms. The highest BCUT2D eigenvalue weighted by Crippen LogP contribution is 2.40. The maximum atomic E-state index is 3.75. The maximum absolute atomic E-state index is 3.75. The van der Waals surface area contributed by atoms with Crippen LogP contribution in [0.3, 0.4) is 0 Å². The number of alkyl halides is 1. The number of hydrogen-bond donors (Lipinski definition) is 0. The van der Waals surface area contributed by atoms with Crippen molar-refractivity contribution in [1.29, 1.82) is 0 Å². The summed E-state index contributed by atoms with van der Waals surface area (Å²) in [4.78, 5) is 4.48. The smallest absolute Gasteiger partial charge is 0.0831 e. The van der Waals surface area contributed by atoms with E-state index < -0.39 is 0 Å². The normalized spacial score (nSPS) is 13.1. The van der Waals surface area contributed by atoms with E-state index in [9.17, 15) is 0 Å². The third-order valence-electron chi connectivity index (χ3n) is 2.28. The summed E-state index contributed by atoms with van der Waals surface area (Å²) < 4.78 is 1.19. The van der Waals surface area contributed by atoms with Gasteiger partial charge in [0.2, 0.25) is 0 Å². The molecule has 0 saturated heterocycles. The van der Waals surface area contributed by atoms with Crippen LogP contribution in [0, 0.1) is 13.8 Å². The van der Waals surface area contributed by atoms with E-state index >= 15 is 0 Å². The van der Waals surface area contributed by atoms with Gasteiger partial charge in [-0.3, -0.25) is 0 Å². The average molecular weight is 366 g/mol. The fraction of sp³-hybridized carbons (Fsp3) is 0.273. The van der Waals surface area contributed by atoms with E-state index in [1.165, 1.54) is 24.0 Å². The molecule has 0 bridgehead atoms. The highest BCUT2D eigenvalue weighted by molar-refractivity contribution is 9.11. The second kappa shape index (κ2) is 4.70. The number of rotatable bonds is 2. The summed E-state index contributed by atoms with van der Waals surface area (Å²) in [5, 5.41) is 0. The van der Waals surface area contributed by atoms with Crippen LogP contribution in [0.2, 0.25) is 0 Å². The summed E-state index contributed by atoms with van der Waals surface area (Å²) in [7, 11) is 0. The Morgan fingerprint density at radius 3 is 2.33 bits per heavy atom. The molecule has 0 nitrogen and oxygen atoms in total. The van der Waals surface area contributed by atoms with Crippen LogP contribution in [-0.2, 0) is 0 Å². The van der Waals surface area contributed by atoms with Gasteiger partial charge in [0.1, 0.15) is 0 Å². The van der Waals surface area contributed by atoms with Gasteiger partial charge < -0.3 is 0 Å². The molecule has 0 aliphatic rings. The van der Waals surface area contributed by atoms with Crippen LogP contribution in [0.1, 0.15) is 25.0 Å².